The van der Waals surface area contributed by atoms with Crippen LogP contribution in [0.5, 0.6) is 5.75 Å². The van der Waals surface area contributed by atoms with Crippen LogP contribution in [0, 0.1) is 0 Å². The number of nitrogens with zero attached hydrogens (tertiary/aromatic N) is 1. The van der Waals surface area contributed by atoms with E-state index in [9.17, 15) is 15.0 Å². The number of likely N-dealkylation sites (tertiary alicyclic amines) is 1. The number of amides is 1. The summed E-state index contributed by atoms with van der Waals surface area (Å²) in [5.74, 6) is 1.75. The average Bonchev–Trinajstić information content (AvgIpc) is 3.23. The van der Waals surface area contributed by atoms with Gasteiger partial charge in [0.25, 0.3) is 5.91 Å². The average molecular weight is 451 g/mol. The largest absolute Gasteiger partial charge is 0.489 e. The number of furan rings is 1. The van der Waals surface area contributed by atoms with Crippen molar-refractivity contribution in [1.29, 1.82) is 0 Å². The van der Waals surface area contributed by atoms with Crippen molar-refractivity contribution >= 4 is 5.91 Å². The Kier molecular flexibility index (Phi) is 7.78. The third kappa shape index (κ3) is 6.44. The first-order valence-electron chi connectivity index (χ1n) is 11.3. The Hall–Kier alpha value is -3.13. The van der Waals surface area contributed by atoms with Gasteiger partial charge in [-0.25, -0.2) is 0 Å². The van der Waals surface area contributed by atoms with E-state index < -0.39 is 6.10 Å². The molecule has 1 saturated heterocycles. The van der Waals surface area contributed by atoms with Crippen LogP contribution in [0.3, 0.4) is 0 Å². The number of benzene rings is 2. The van der Waals surface area contributed by atoms with Gasteiger partial charge >= 0.3 is 0 Å². The monoisotopic (exact) mass is 450 g/mol. The minimum Gasteiger partial charge on any atom is -0.489 e. The van der Waals surface area contributed by atoms with Crippen LogP contribution in [0.2, 0.25) is 0 Å². The van der Waals surface area contributed by atoms with Gasteiger partial charge in [0.05, 0.1) is 18.7 Å². The normalized spacial score (nSPS) is 19.1. The van der Waals surface area contributed by atoms with Gasteiger partial charge in [0.1, 0.15) is 30.5 Å². The zero-order valence-electron chi connectivity index (χ0n) is 18.5. The molecule has 2 aromatic carbocycles. The Bertz CT molecular complexity index is 1020. The van der Waals surface area contributed by atoms with E-state index in [1.54, 1.807) is 30.3 Å². The van der Waals surface area contributed by atoms with Gasteiger partial charge in [-0.05, 0) is 61.3 Å². The Labute approximate surface area is 193 Å². The molecule has 1 aromatic heterocycles. The van der Waals surface area contributed by atoms with Crippen LogP contribution in [0.15, 0.2) is 71.1 Å². The first-order chi connectivity index (χ1) is 16.1. The predicted molar refractivity (Wildman–Crippen MR) is 124 cm³/mol. The smallest absolute Gasteiger partial charge is 0.251 e. The predicted octanol–water partition coefficient (Wildman–Crippen LogP) is 3.11. The van der Waals surface area contributed by atoms with E-state index in [2.05, 4.69) is 10.2 Å². The molecule has 7 nitrogen and oxygen atoms in total. The highest BCUT2D eigenvalue weighted by Crippen LogP contribution is 2.18. The molecule has 1 aliphatic heterocycles. The van der Waals surface area contributed by atoms with Crippen molar-refractivity contribution in [2.45, 2.75) is 44.7 Å². The van der Waals surface area contributed by atoms with Gasteiger partial charge < -0.3 is 24.7 Å². The van der Waals surface area contributed by atoms with Crippen LogP contribution in [0.4, 0.5) is 0 Å². The van der Waals surface area contributed by atoms with Gasteiger partial charge in [-0.2, -0.15) is 0 Å². The molecule has 0 spiro atoms. The lowest BCUT2D eigenvalue weighted by molar-refractivity contribution is 0.0794. The molecule has 7 heteroatoms. The second kappa shape index (κ2) is 11.1. The van der Waals surface area contributed by atoms with Crippen molar-refractivity contribution in [1.82, 2.24) is 10.2 Å². The molecule has 174 valence electrons. The molecule has 2 atom stereocenters. The van der Waals surface area contributed by atoms with Crippen LogP contribution in [-0.4, -0.2) is 46.3 Å². The van der Waals surface area contributed by atoms with Crippen molar-refractivity contribution in [3.05, 3.63) is 89.4 Å². The highest BCUT2D eigenvalue weighted by atomic mass is 16.5. The molecule has 33 heavy (non-hydrogen) atoms. The van der Waals surface area contributed by atoms with E-state index in [1.807, 2.05) is 36.4 Å². The van der Waals surface area contributed by atoms with Crippen molar-refractivity contribution in [2.24, 2.45) is 0 Å². The number of nitrogens with one attached hydrogen (secondary N) is 1. The van der Waals surface area contributed by atoms with Gasteiger partial charge in [0.2, 0.25) is 0 Å². The van der Waals surface area contributed by atoms with Crippen LogP contribution in [0.25, 0.3) is 0 Å². The summed E-state index contributed by atoms with van der Waals surface area (Å²) in [6, 6.07) is 20.1. The van der Waals surface area contributed by atoms with Gasteiger partial charge in [-0.15, -0.1) is 0 Å². The van der Waals surface area contributed by atoms with E-state index >= 15 is 0 Å². The molecule has 1 aliphatic rings. The summed E-state index contributed by atoms with van der Waals surface area (Å²) in [6.45, 7) is 2.21. The van der Waals surface area contributed by atoms with Crippen molar-refractivity contribution in [2.75, 3.05) is 13.1 Å². The Morgan fingerprint density at radius 3 is 2.55 bits per heavy atom. The number of aliphatic hydroxyl groups is 2. The minimum atomic E-state index is -0.614. The maximum atomic E-state index is 12.8. The lowest BCUT2D eigenvalue weighted by Gasteiger charge is -2.26. The number of ether oxygens (including phenoxy) is 1. The summed E-state index contributed by atoms with van der Waals surface area (Å²) in [6.07, 6.45) is 0.833. The van der Waals surface area contributed by atoms with Crippen LogP contribution >= 0.6 is 0 Å². The number of carbonyl (C=O) groups excluding carboxylic acids is 1. The third-order valence-corrected chi connectivity index (χ3v) is 5.83. The van der Waals surface area contributed by atoms with Gasteiger partial charge in [-0.3, -0.25) is 9.69 Å². The molecule has 4 rings (SSSR count). The lowest BCUT2D eigenvalue weighted by Crippen LogP contribution is -2.48. The second-order valence-corrected chi connectivity index (χ2v) is 8.35. The fourth-order valence-electron chi connectivity index (χ4n) is 4.01. The van der Waals surface area contributed by atoms with Crippen molar-refractivity contribution < 1.29 is 24.2 Å². The molecule has 0 unspecified atom stereocenters. The number of hydrogen-bond acceptors (Lipinski definition) is 6. The number of aliphatic hydroxyl groups excluding tert-OH is 2. The van der Waals surface area contributed by atoms with E-state index in [-0.39, 0.29) is 18.6 Å². The molecule has 0 saturated carbocycles. The van der Waals surface area contributed by atoms with E-state index in [1.165, 1.54) is 0 Å². The van der Waals surface area contributed by atoms with Crippen LogP contribution < -0.4 is 10.1 Å². The number of hydrogen-bond donors (Lipinski definition) is 3. The van der Waals surface area contributed by atoms with Gasteiger partial charge in [-0.1, -0.05) is 30.3 Å². The molecule has 3 N–H and O–H groups in total. The Morgan fingerprint density at radius 2 is 1.82 bits per heavy atom. The van der Waals surface area contributed by atoms with Crippen molar-refractivity contribution in [3.8, 4) is 5.75 Å². The van der Waals surface area contributed by atoms with Crippen LogP contribution in [0.1, 0.15) is 40.3 Å². The topological polar surface area (TPSA) is 95.2 Å². The van der Waals surface area contributed by atoms with Gasteiger partial charge in [0, 0.05) is 12.1 Å². The molecule has 0 aliphatic carbocycles. The van der Waals surface area contributed by atoms with E-state index in [0.29, 0.717) is 43.2 Å². The first kappa shape index (κ1) is 23.0. The molecular weight excluding hydrogens is 420 g/mol. The quantitative estimate of drug-likeness (QED) is 0.488. The lowest BCUT2D eigenvalue weighted by atomic mass is 10.1. The Morgan fingerprint density at radius 1 is 1.06 bits per heavy atom. The zero-order chi connectivity index (χ0) is 23.0. The molecule has 0 radical (unpaired) electrons. The highest BCUT2D eigenvalue weighted by molar-refractivity contribution is 5.94. The summed E-state index contributed by atoms with van der Waals surface area (Å²) >= 11 is 0. The maximum absolute atomic E-state index is 12.8. The standard InChI is InChI=1S/C26H30N2O5/c29-17-23-13-12-22(33-23)15-28-14-4-7-25(30)24(16-28)27-26(31)20-8-10-21(11-9-20)32-18-19-5-2-1-3-6-19/h1-3,5-6,8-13,24-25,29-30H,4,7,14-18H2,(H,27,31)/t24-,25-/m1/s1. The summed E-state index contributed by atoms with van der Waals surface area (Å²) in [5.41, 5.74) is 1.59. The van der Waals surface area contributed by atoms with Gasteiger partial charge in [0.15, 0.2) is 0 Å². The highest BCUT2D eigenvalue weighted by Gasteiger charge is 2.27. The molecule has 3 aromatic rings. The number of carbonyl (C=O) groups is 1. The summed E-state index contributed by atoms with van der Waals surface area (Å²) in [7, 11) is 0. The fourth-order valence-corrected chi connectivity index (χ4v) is 4.01. The zero-order valence-corrected chi connectivity index (χ0v) is 18.5. The third-order valence-electron chi connectivity index (χ3n) is 5.83. The van der Waals surface area contributed by atoms with Crippen LogP contribution in [-0.2, 0) is 19.8 Å². The Balaban J connectivity index is 1.33. The SMILES string of the molecule is O=C(N[C@@H]1CN(Cc2ccc(CO)o2)CCC[C@H]1O)c1ccc(OCc2ccccc2)cc1. The summed E-state index contributed by atoms with van der Waals surface area (Å²) in [5, 5.41) is 22.8. The second-order valence-electron chi connectivity index (χ2n) is 8.35. The molecular formula is C26H30N2O5. The van der Waals surface area contributed by atoms with E-state index in [0.717, 1.165) is 24.3 Å². The van der Waals surface area contributed by atoms with E-state index in [4.69, 9.17) is 9.15 Å². The molecule has 2 heterocycles. The molecule has 0 bridgehead atoms. The number of rotatable bonds is 8. The maximum Gasteiger partial charge on any atom is 0.251 e. The molecule has 1 fully saturated rings. The minimum absolute atomic E-state index is 0.131. The fraction of sp³-hybridized carbons (Fsp3) is 0.346. The summed E-state index contributed by atoms with van der Waals surface area (Å²) < 4.78 is 11.4. The first-order valence-corrected chi connectivity index (χ1v) is 11.3. The summed E-state index contributed by atoms with van der Waals surface area (Å²) in [4.78, 5) is 15.0. The van der Waals surface area contributed by atoms with Crippen molar-refractivity contribution in [3.63, 3.8) is 0 Å². The molecule has 1 amide bonds.